The van der Waals surface area contributed by atoms with Crippen molar-refractivity contribution in [2.24, 2.45) is 0 Å². The van der Waals surface area contributed by atoms with Crippen molar-refractivity contribution in [2.75, 3.05) is 0 Å². The third kappa shape index (κ3) is 1.20. The van der Waals surface area contributed by atoms with E-state index in [4.69, 9.17) is 0 Å². The molecule has 0 saturated heterocycles. The molecule has 66 valence electrons. The first-order valence-corrected chi connectivity index (χ1v) is 8.20. The van der Waals surface area contributed by atoms with Crippen molar-refractivity contribution in [3.63, 3.8) is 0 Å². The van der Waals surface area contributed by atoms with Crippen molar-refractivity contribution in [1.29, 1.82) is 0 Å². The van der Waals surface area contributed by atoms with Gasteiger partial charge in [-0.05, 0) is 19.8 Å². The molecule has 0 aromatic heterocycles. The van der Waals surface area contributed by atoms with E-state index in [2.05, 4.69) is 26.1 Å². The Hall–Kier alpha value is -0.303. The summed E-state index contributed by atoms with van der Waals surface area (Å²) in [6.07, 6.45) is 6.63. The summed E-state index contributed by atoms with van der Waals surface area (Å²) in [6.45, 7) is 7.33. The molecule has 0 nitrogen and oxygen atoms in total. The second kappa shape index (κ2) is 2.59. The van der Waals surface area contributed by atoms with Crippen molar-refractivity contribution in [3.8, 4) is 0 Å². The van der Waals surface area contributed by atoms with Crippen LogP contribution in [0.15, 0.2) is 22.4 Å². The number of allylic oxidation sites excluding steroid dienone is 4. The van der Waals surface area contributed by atoms with Gasteiger partial charge >= 0.3 is 0 Å². The summed E-state index contributed by atoms with van der Waals surface area (Å²) >= 11 is 0. The molecule has 0 aromatic rings. The van der Waals surface area contributed by atoms with E-state index in [1.165, 1.54) is 25.3 Å². The summed E-state index contributed by atoms with van der Waals surface area (Å²) in [5, 5.41) is 1.80. The third-order valence-corrected chi connectivity index (χ3v) is 6.83. The highest BCUT2D eigenvalue weighted by atomic mass is 28.3. The average Bonchev–Trinajstić information content (AvgIpc) is 2.30. The van der Waals surface area contributed by atoms with Gasteiger partial charge in [0.1, 0.15) is 0 Å². The van der Waals surface area contributed by atoms with Crippen LogP contribution in [0.25, 0.3) is 0 Å². The SMILES string of the molecule is CC1=CC2=C(CCC[Si]2(C)C)C1. The van der Waals surface area contributed by atoms with Crippen molar-refractivity contribution < 1.29 is 0 Å². The summed E-state index contributed by atoms with van der Waals surface area (Å²) in [4.78, 5) is 0. The van der Waals surface area contributed by atoms with Gasteiger partial charge in [-0.2, -0.15) is 0 Å². The van der Waals surface area contributed by atoms with E-state index in [0.717, 1.165) is 0 Å². The quantitative estimate of drug-likeness (QED) is 0.496. The summed E-state index contributed by atoms with van der Waals surface area (Å²) in [5.74, 6) is 0. The van der Waals surface area contributed by atoms with Crippen molar-refractivity contribution in [1.82, 2.24) is 0 Å². The van der Waals surface area contributed by atoms with Crippen molar-refractivity contribution in [3.05, 3.63) is 22.4 Å². The minimum atomic E-state index is -0.959. The van der Waals surface area contributed by atoms with E-state index in [9.17, 15) is 0 Å². The first kappa shape index (κ1) is 8.30. The topological polar surface area (TPSA) is 0 Å². The fourth-order valence-corrected chi connectivity index (χ4v) is 5.74. The molecule has 0 aromatic carbocycles. The van der Waals surface area contributed by atoms with Gasteiger partial charge in [-0.1, -0.05) is 48.0 Å². The van der Waals surface area contributed by atoms with Gasteiger partial charge in [-0.15, -0.1) is 0 Å². The van der Waals surface area contributed by atoms with Gasteiger partial charge < -0.3 is 0 Å². The molecule has 2 rings (SSSR count). The van der Waals surface area contributed by atoms with Crippen LogP contribution in [0.3, 0.4) is 0 Å². The Balaban J connectivity index is 2.37. The molecule has 0 atom stereocenters. The fraction of sp³-hybridized carbons (Fsp3) is 0.636. The lowest BCUT2D eigenvalue weighted by molar-refractivity contribution is 0.842. The Labute approximate surface area is 76.4 Å². The van der Waals surface area contributed by atoms with E-state index in [1.807, 2.05) is 0 Å². The molecule has 2 aliphatic rings. The van der Waals surface area contributed by atoms with Gasteiger partial charge in [0.2, 0.25) is 0 Å². The highest BCUT2D eigenvalue weighted by molar-refractivity contribution is 6.85. The number of rotatable bonds is 0. The van der Waals surface area contributed by atoms with Crippen LogP contribution in [0.1, 0.15) is 26.2 Å². The largest absolute Gasteiger partial charge is 0.0806 e. The van der Waals surface area contributed by atoms with Gasteiger partial charge in [0.15, 0.2) is 0 Å². The Morgan fingerprint density at radius 2 is 2.08 bits per heavy atom. The first-order valence-electron chi connectivity index (χ1n) is 4.99. The van der Waals surface area contributed by atoms with Crippen LogP contribution in [0.2, 0.25) is 19.1 Å². The standard InChI is InChI=1S/C11H18Si/c1-9-7-10-5-4-6-12(2,3)11(10)8-9/h8H,4-7H2,1-3H3. The maximum absolute atomic E-state index is 2.52. The normalized spacial score (nSPS) is 27.1. The predicted octanol–water partition coefficient (Wildman–Crippen LogP) is 3.67. The second-order valence-corrected chi connectivity index (χ2v) is 9.73. The maximum atomic E-state index is 2.52. The molecule has 0 spiro atoms. The van der Waals surface area contributed by atoms with E-state index in [-0.39, 0.29) is 0 Å². The Morgan fingerprint density at radius 1 is 1.33 bits per heavy atom. The zero-order valence-corrected chi connectivity index (χ0v) is 9.41. The highest BCUT2D eigenvalue weighted by Gasteiger charge is 2.32. The number of hydrogen-bond acceptors (Lipinski definition) is 0. The second-order valence-electron chi connectivity index (χ2n) is 4.92. The van der Waals surface area contributed by atoms with Crippen molar-refractivity contribution in [2.45, 2.75) is 45.3 Å². The monoisotopic (exact) mass is 178 g/mol. The van der Waals surface area contributed by atoms with E-state index >= 15 is 0 Å². The summed E-state index contributed by atoms with van der Waals surface area (Å²) in [6, 6.07) is 1.51. The Morgan fingerprint density at radius 3 is 2.75 bits per heavy atom. The van der Waals surface area contributed by atoms with E-state index in [0.29, 0.717) is 0 Å². The zero-order chi connectivity index (χ0) is 8.77. The van der Waals surface area contributed by atoms with Gasteiger partial charge in [0.25, 0.3) is 0 Å². The minimum Gasteiger partial charge on any atom is -0.0694 e. The lowest BCUT2D eigenvalue weighted by atomic mass is 10.1. The van der Waals surface area contributed by atoms with Gasteiger partial charge in [0, 0.05) is 0 Å². The highest BCUT2D eigenvalue weighted by Crippen LogP contribution is 2.40. The molecule has 0 bridgehead atoms. The third-order valence-electron chi connectivity index (χ3n) is 3.27. The first-order chi connectivity index (χ1) is 5.59. The molecule has 0 unspecified atom stereocenters. The lowest BCUT2D eigenvalue weighted by Gasteiger charge is -2.29. The Kier molecular flexibility index (Phi) is 1.79. The molecular formula is C11H18Si. The van der Waals surface area contributed by atoms with Gasteiger partial charge in [0.05, 0.1) is 8.07 Å². The molecule has 12 heavy (non-hydrogen) atoms. The molecular weight excluding hydrogens is 160 g/mol. The van der Waals surface area contributed by atoms with Gasteiger partial charge in [-0.25, -0.2) is 0 Å². The molecule has 1 aliphatic heterocycles. The predicted molar refractivity (Wildman–Crippen MR) is 56.9 cm³/mol. The zero-order valence-electron chi connectivity index (χ0n) is 8.41. The van der Waals surface area contributed by atoms with Crippen LogP contribution in [0.4, 0.5) is 0 Å². The minimum absolute atomic E-state index is 0.959. The molecule has 0 saturated carbocycles. The van der Waals surface area contributed by atoms with Crippen LogP contribution in [-0.2, 0) is 0 Å². The van der Waals surface area contributed by atoms with E-state index in [1.54, 1.807) is 16.3 Å². The van der Waals surface area contributed by atoms with Crippen molar-refractivity contribution >= 4 is 8.07 Å². The molecule has 1 heterocycles. The van der Waals surface area contributed by atoms with E-state index < -0.39 is 8.07 Å². The van der Waals surface area contributed by atoms with Crippen LogP contribution < -0.4 is 0 Å². The fourth-order valence-electron chi connectivity index (χ4n) is 2.61. The summed E-state index contributed by atoms with van der Waals surface area (Å²) < 4.78 is 0. The molecule has 0 N–H and O–H groups in total. The smallest absolute Gasteiger partial charge is 0.0694 e. The summed E-state index contributed by atoms with van der Waals surface area (Å²) in [5.41, 5.74) is 3.39. The van der Waals surface area contributed by atoms with Crippen LogP contribution in [-0.4, -0.2) is 8.07 Å². The molecule has 0 radical (unpaired) electrons. The Bertz CT molecular complexity index is 269. The van der Waals surface area contributed by atoms with Crippen LogP contribution >= 0.6 is 0 Å². The molecule has 0 fully saturated rings. The molecule has 0 amide bonds. The van der Waals surface area contributed by atoms with Crippen LogP contribution in [0.5, 0.6) is 0 Å². The van der Waals surface area contributed by atoms with Crippen LogP contribution in [0, 0.1) is 0 Å². The number of hydrogen-bond donors (Lipinski definition) is 0. The lowest BCUT2D eigenvalue weighted by Crippen LogP contribution is -2.30. The summed E-state index contributed by atoms with van der Waals surface area (Å²) in [7, 11) is -0.959. The average molecular weight is 178 g/mol. The molecule has 1 aliphatic carbocycles. The van der Waals surface area contributed by atoms with Gasteiger partial charge in [-0.3, -0.25) is 0 Å². The molecule has 1 heteroatoms. The maximum Gasteiger partial charge on any atom is 0.0806 e.